The van der Waals surface area contributed by atoms with Gasteiger partial charge in [0.1, 0.15) is 0 Å². The van der Waals surface area contributed by atoms with Crippen LogP contribution in [0, 0.1) is 0 Å². The van der Waals surface area contributed by atoms with Gasteiger partial charge in [0.05, 0.1) is 5.41 Å². The predicted octanol–water partition coefficient (Wildman–Crippen LogP) is 4.22. The van der Waals surface area contributed by atoms with Crippen LogP contribution in [0.2, 0.25) is 5.02 Å². The first kappa shape index (κ1) is 14.8. The van der Waals surface area contributed by atoms with Crippen LogP contribution >= 0.6 is 11.6 Å². The van der Waals surface area contributed by atoms with Crippen molar-refractivity contribution in [3.63, 3.8) is 0 Å². The third kappa shape index (κ3) is 2.46. The van der Waals surface area contributed by atoms with Gasteiger partial charge < -0.3 is 5.32 Å². The van der Waals surface area contributed by atoms with E-state index in [1.807, 2.05) is 24.3 Å². The van der Waals surface area contributed by atoms with Gasteiger partial charge in [-0.15, -0.1) is 0 Å². The van der Waals surface area contributed by atoms with E-state index in [9.17, 15) is 4.79 Å². The van der Waals surface area contributed by atoms with E-state index >= 15 is 0 Å². The fourth-order valence-electron chi connectivity index (χ4n) is 3.89. The van der Waals surface area contributed by atoms with Gasteiger partial charge in [-0.05, 0) is 48.1 Å². The minimum absolute atomic E-state index is 0.162. The predicted molar refractivity (Wildman–Crippen MR) is 92.9 cm³/mol. The number of hydrogen-bond donors (Lipinski definition) is 1. The van der Waals surface area contributed by atoms with Crippen molar-refractivity contribution in [3.8, 4) is 0 Å². The van der Waals surface area contributed by atoms with E-state index < -0.39 is 0 Å². The SMILES string of the molecule is O=C(NCC1Cc2ccccc21)C1(c2cccc(Cl)c2)CCC1. The van der Waals surface area contributed by atoms with E-state index in [-0.39, 0.29) is 11.3 Å². The fraction of sp³-hybridized carbons (Fsp3) is 0.350. The van der Waals surface area contributed by atoms with Crippen molar-refractivity contribution in [3.05, 3.63) is 70.2 Å². The van der Waals surface area contributed by atoms with Gasteiger partial charge in [-0.25, -0.2) is 0 Å². The molecular weight excluding hydrogens is 306 g/mol. The lowest BCUT2D eigenvalue weighted by Gasteiger charge is -2.41. The Hall–Kier alpha value is -1.80. The van der Waals surface area contributed by atoms with Crippen molar-refractivity contribution in [2.75, 3.05) is 6.54 Å². The highest BCUT2D eigenvalue weighted by Crippen LogP contribution is 2.44. The van der Waals surface area contributed by atoms with E-state index in [4.69, 9.17) is 11.6 Å². The maximum atomic E-state index is 12.9. The third-order valence-corrected chi connectivity index (χ3v) is 5.72. The summed E-state index contributed by atoms with van der Waals surface area (Å²) in [6, 6.07) is 16.3. The largest absolute Gasteiger partial charge is 0.355 e. The Kier molecular flexibility index (Phi) is 3.65. The molecule has 2 aromatic rings. The van der Waals surface area contributed by atoms with Crippen LogP contribution in [0.5, 0.6) is 0 Å². The van der Waals surface area contributed by atoms with Crippen LogP contribution in [0.1, 0.15) is 41.9 Å². The zero-order valence-electron chi connectivity index (χ0n) is 13.0. The lowest BCUT2D eigenvalue weighted by Crippen LogP contribution is -2.50. The van der Waals surface area contributed by atoms with Gasteiger partial charge in [-0.1, -0.05) is 54.4 Å². The highest BCUT2D eigenvalue weighted by molar-refractivity contribution is 6.30. The standard InChI is InChI=1S/C20H20ClNO/c21-17-7-3-6-16(12-17)20(9-4-10-20)19(23)22-13-15-11-14-5-1-2-8-18(14)15/h1-3,5-8,12,15H,4,9-11,13H2,(H,22,23). The molecule has 2 aromatic carbocycles. The molecule has 1 amide bonds. The van der Waals surface area contributed by atoms with Gasteiger partial charge in [0.25, 0.3) is 0 Å². The Labute approximate surface area is 141 Å². The molecule has 1 saturated carbocycles. The zero-order valence-corrected chi connectivity index (χ0v) is 13.8. The number of rotatable bonds is 4. The monoisotopic (exact) mass is 325 g/mol. The van der Waals surface area contributed by atoms with Crippen LogP contribution in [0.4, 0.5) is 0 Å². The molecule has 2 aliphatic carbocycles. The summed E-state index contributed by atoms with van der Waals surface area (Å²) in [4.78, 5) is 12.9. The number of fused-ring (bicyclic) bond motifs is 1. The summed E-state index contributed by atoms with van der Waals surface area (Å²) in [5.74, 6) is 0.627. The number of amides is 1. The van der Waals surface area contributed by atoms with E-state index in [2.05, 4.69) is 29.6 Å². The van der Waals surface area contributed by atoms with Gasteiger partial charge >= 0.3 is 0 Å². The molecule has 0 heterocycles. The molecule has 0 spiro atoms. The molecule has 1 atom stereocenters. The molecule has 2 nitrogen and oxygen atoms in total. The average molecular weight is 326 g/mol. The number of carbonyl (C=O) groups excluding carboxylic acids is 1. The second-order valence-electron chi connectivity index (χ2n) is 6.76. The summed E-state index contributed by atoms with van der Waals surface area (Å²) in [6.07, 6.45) is 4.01. The number of hydrogen-bond acceptors (Lipinski definition) is 1. The molecule has 23 heavy (non-hydrogen) atoms. The summed E-state index contributed by atoms with van der Waals surface area (Å²) in [5, 5.41) is 3.91. The molecule has 0 radical (unpaired) electrons. The molecule has 118 valence electrons. The van der Waals surface area contributed by atoms with Crippen LogP contribution in [0.15, 0.2) is 48.5 Å². The molecule has 1 fully saturated rings. The first-order valence-corrected chi connectivity index (χ1v) is 8.69. The van der Waals surface area contributed by atoms with Crippen molar-refractivity contribution < 1.29 is 4.79 Å². The van der Waals surface area contributed by atoms with Crippen LogP contribution in [-0.4, -0.2) is 12.5 Å². The molecule has 0 aromatic heterocycles. The summed E-state index contributed by atoms with van der Waals surface area (Å²) in [7, 11) is 0. The highest BCUT2D eigenvalue weighted by atomic mass is 35.5. The van der Waals surface area contributed by atoms with Crippen molar-refractivity contribution >= 4 is 17.5 Å². The van der Waals surface area contributed by atoms with Crippen LogP contribution in [0.25, 0.3) is 0 Å². The first-order chi connectivity index (χ1) is 11.2. The third-order valence-electron chi connectivity index (χ3n) is 5.49. The Morgan fingerprint density at radius 3 is 2.70 bits per heavy atom. The van der Waals surface area contributed by atoms with E-state index in [1.165, 1.54) is 11.1 Å². The minimum atomic E-state index is -0.367. The molecule has 0 aliphatic heterocycles. The molecule has 1 unspecified atom stereocenters. The topological polar surface area (TPSA) is 29.1 Å². The van der Waals surface area contributed by atoms with E-state index in [0.29, 0.717) is 10.9 Å². The normalized spacial score (nSPS) is 20.8. The second kappa shape index (κ2) is 5.68. The van der Waals surface area contributed by atoms with Crippen LogP contribution in [-0.2, 0) is 16.6 Å². The van der Waals surface area contributed by atoms with Crippen molar-refractivity contribution in [1.29, 1.82) is 0 Å². The van der Waals surface area contributed by atoms with Gasteiger partial charge in [-0.2, -0.15) is 0 Å². The maximum absolute atomic E-state index is 12.9. The number of carbonyl (C=O) groups is 1. The second-order valence-corrected chi connectivity index (χ2v) is 7.19. The molecule has 0 bridgehead atoms. The van der Waals surface area contributed by atoms with Crippen molar-refractivity contribution in [2.24, 2.45) is 0 Å². The minimum Gasteiger partial charge on any atom is -0.355 e. The quantitative estimate of drug-likeness (QED) is 0.896. The zero-order chi connectivity index (χ0) is 15.9. The fourth-order valence-corrected chi connectivity index (χ4v) is 4.08. The highest BCUT2D eigenvalue weighted by Gasteiger charge is 2.45. The van der Waals surface area contributed by atoms with Crippen molar-refractivity contribution in [1.82, 2.24) is 5.32 Å². The van der Waals surface area contributed by atoms with E-state index in [0.717, 1.165) is 37.8 Å². The smallest absolute Gasteiger partial charge is 0.230 e. The van der Waals surface area contributed by atoms with E-state index in [1.54, 1.807) is 0 Å². The molecule has 2 aliphatic rings. The number of halogens is 1. The molecule has 4 rings (SSSR count). The first-order valence-electron chi connectivity index (χ1n) is 8.31. The van der Waals surface area contributed by atoms with Gasteiger partial charge in [-0.3, -0.25) is 4.79 Å². The Morgan fingerprint density at radius 2 is 2.00 bits per heavy atom. The average Bonchev–Trinajstić information content (AvgIpc) is 2.47. The summed E-state index contributed by atoms with van der Waals surface area (Å²) >= 11 is 6.12. The Balaban J connectivity index is 1.46. The lowest BCUT2D eigenvalue weighted by molar-refractivity contribution is -0.130. The van der Waals surface area contributed by atoms with Gasteiger partial charge in [0.2, 0.25) is 5.91 Å². The Morgan fingerprint density at radius 1 is 1.17 bits per heavy atom. The molecule has 0 saturated heterocycles. The van der Waals surface area contributed by atoms with Crippen LogP contribution < -0.4 is 5.32 Å². The summed E-state index contributed by atoms with van der Waals surface area (Å²) in [5.41, 5.74) is 3.50. The molecular formula is C20H20ClNO. The number of nitrogens with one attached hydrogen (secondary N) is 1. The maximum Gasteiger partial charge on any atom is 0.230 e. The van der Waals surface area contributed by atoms with Gasteiger partial charge in [0.15, 0.2) is 0 Å². The number of benzene rings is 2. The van der Waals surface area contributed by atoms with Gasteiger partial charge in [0, 0.05) is 17.5 Å². The summed E-state index contributed by atoms with van der Waals surface area (Å²) < 4.78 is 0. The lowest BCUT2D eigenvalue weighted by atomic mass is 9.63. The Bertz CT molecular complexity index is 751. The van der Waals surface area contributed by atoms with Crippen molar-refractivity contribution in [2.45, 2.75) is 37.0 Å². The molecule has 1 N–H and O–H groups in total. The molecule has 3 heteroatoms. The summed E-state index contributed by atoms with van der Waals surface area (Å²) in [6.45, 7) is 0.734. The van der Waals surface area contributed by atoms with Crippen LogP contribution in [0.3, 0.4) is 0 Å².